The van der Waals surface area contributed by atoms with E-state index in [4.69, 9.17) is 4.74 Å². The molecule has 4 rings (SSSR count). The number of nitrogens with zero attached hydrogens (tertiary/aromatic N) is 3. The van der Waals surface area contributed by atoms with Crippen molar-refractivity contribution in [2.24, 2.45) is 0 Å². The SMILES string of the molecule is CC(C)n1nc(-c2cccc(OC(F)F)c2)c2ncc(C(=O)N[C@@]3(C(C)(C)O)CCOC3)cc21. The van der Waals surface area contributed by atoms with Crippen LogP contribution in [0.15, 0.2) is 36.5 Å². The molecule has 1 atom stereocenters. The van der Waals surface area contributed by atoms with Gasteiger partial charge in [-0.25, -0.2) is 0 Å². The molecule has 1 saturated heterocycles. The number of rotatable bonds is 7. The maximum atomic E-state index is 13.2. The molecule has 1 fully saturated rings. The molecule has 2 N–H and O–H groups in total. The van der Waals surface area contributed by atoms with Crippen LogP contribution in [-0.4, -0.2) is 56.7 Å². The van der Waals surface area contributed by atoms with Gasteiger partial charge >= 0.3 is 6.61 Å². The zero-order valence-electron chi connectivity index (χ0n) is 19.5. The molecular weight excluding hydrogens is 446 g/mol. The first-order valence-electron chi connectivity index (χ1n) is 11.1. The first kappa shape index (κ1) is 24.0. The summed E-state index contributed by atoms with van der Waals surface area (Å²) in [6.07, 6.45) is 1.93. The number of amides is 1. The van der Waals surface area contributed by atoms with Crippen molar-refractivity contribution in [3.63, 3.8) is 0 Å². The lowest BCUT2D eigenvalue weighted by atomic mass is 9.81. The van der Waals surface area contributed by atoms with Gasteiger partial charge in [0.2, 0.25) is 0 Å². The maximum absolute atomic E-state index is 13.2. The van der Waals surface area contributed by atoms with Crippen LogP contribution in [0.1, 0.15) is 50.5 Å². The van der Waals surface area contributed by atoms with Crippen LogP contribution in [0.5, 0.6) is 5.75 Å². The van der Waals surface area contributed by atoms with Gasteiger partial charge in [-0.1, -0.05) is 12.1 Å². The summed E-state index contributed by atoms with van der Waals surface area (Å²) in [5.74, 6) is -0.362. The third-order valence-electron chi connectivity index (χ3n) is 6.18. The molecule has 3 aromatic rings. The van der Waals surface area contributed by atoms with E-state index < -0.39 is 17.8 Å². The molecule has 3 heterocycles. The molecule has 0 radical (unpaired) electrons. The Kier molecular flexibility index (Phi) is 6.30. The van der Waals surface area contributed by atoms with Gasteiger partial charge in [-0.15, -0.1) is 0 Å². The summed E-state index contributed by atoms with van der Waals surface area (Å²) >= 11 is 0. The highest BCUT2D eigenvalue weighted by molar-refractivity contribution is 5.99. The largest absolute Gasteiger partial charge is 0.435 e. The molecular formula is C24H28F2N4O4. The Morgan fingerprint density at radius 3 is 2.71 bits per heavy atom. The van der Waals surface area contributed by atoms with E-state index in [1.165, 1.54) is 18.3 Å². The predicted molar refractivity (Wildman–Crippen MR) is 122 cm³/mol. The van der Waals surface area contributed by atoms with E-state index >= 15 is 0 Å². The second-order valence-corrected chi connectivity index (χ2v) is 9.28. The summed E-state index contributed by atoms with van der Waals surface area (Å²) in [4.78, 5) is 17.7. The van der Waals surface area contributed by atoms with E-state index in [2.05, 4.69) is 20.1 Å². The topological polar surface area (TPSA) is 98.5 Å². The fourth-order valence-electron chi connectivity index (χ4n) is 4.14. The maximum Gasteiger partial charge on any atom is 0.387 e. The number of fused-ring (bicyclic) bond motifs is 1. The standard InChI is InChI=1S/C24H28F2N4O4/c1-14(2)30-18-11-16(21(31)28-24(23(3,4)32)8-9-33-13-24)12-27-20(18)19(29-30)15-6-5-7-17(10-15)34-22(25)26/h5-7,10-12,14,22,32H,8-9,13H2,1-4H3,(H,28,31)/t24-/m0/s1. The molecule has 0 unspecified atom stereocenters. The molecule has 10 heteroatoms. The average Bonchev–Trinajstić information content (AvgIpc) is 3.38. The molecule has 2 aromatic heterocycles. The Labute approximate surface area is 195 Å². The Morgan fingerprint density at radius 1 is 1.32 bits per heavy atom. The summed E-state index contributed by atoms with van der Waals surface area (Å²) in [7, 11) is 0. The van der Waals surface area contributed by atoms with E-state index in [0.717, 1.165) is 0 Å². The molecule has 182 valence electrons. The summed E-state index contributed by atoms with van der Waals surface area (Å²) in [6.45, 7) is 4.90. The van der Waals surface area contributed by atoms with Gasteiger partial charge in [0.25, 0.3) is 5.91 Å². The number of aromatic nitrogens is 3. The quantitative estimate of drug-likeness (QED) is 0.538. The van der Waals surface area contributed by atoms with Crippen LogP contribution in [0.4, 0.5) is 8.78 Å². The molecule has 8 nitrogen and oxygen atoms in total. The van der Waals surface area contributed by atoms with Gasteiger partial charge in [-0.3, -0.25) is 14.5 Å². The number of halogens is 2. The summed E-state index contributed by atoms with van der Waals surface area (Å²) < 4.78 is 37.1. The Hall–Kier alpha value is -3.11. The van der Waals surface area contributed by atoms with Crippen molar-refractivity contribution in [3.05, 3.63) is 42.1 Å². The number of carbonyl (C=O) groups is 1. The monoisotopic (exact) mass is 474 g/mol. The number of carbonyl (C=O) groups excluding carboxylic acids is 1. The second-order valence-electron chi connectivity index (χ2n) is 9.28. The molecule has 0 aliphatic carbocycles. The Bertz CT molecular complexity index is 1200. The number of hydrogen-bond acceptors (Lipinski definition) is 6. The van der Waals surface area contributed by atoms with Crippen LogP contribution in [0, 0.1) is 0 Å². The molecule has 0 spiro atoms. The highest BCUT2D eigenvalue weighted by Gasteiger charge is 2.48. The van der Waals surface area contributed by atoms with Crippen LogP contribution in [0.3, 0.4) is 0 Å². The van der Waals surface area contributed by atoms with Crippen molar-refractivity contribution in [2.75, 3.05) is 13.2 Å². The molecule has 1 amide bonds. The number of aliphatic hydroxyl groups is 1. The normalized spacial score (nSPS) is 18.7. The van der Waals surface area contributed by atoms with E-state index in [9.17, 15) is 18.7 Å². The van der Waals surface area contributed by atoms with Gasteiger partial charge in [-0.2, -0.15) is 13.9 Å². The highest BCUT2D eigenvalue weighted by Crippen LogP contribution is 2.33. The first-order valence-corrected chi connectivity index (χ1v) is 11.1. The van der Waals surface area contributed by atoms with E-state index in [1.54, 1.807) is 36.7 Å². The van der Waals surface area contributed by atoms with Gasteiger partial charge in [0.1, 0.15) is 17.0 Å². The molecule has 1 aliphatic rings. The second kappa shape index (κ2) is 8.92. The third kappa shape index (κ3) is 4.47. The van der Waals surface area contributed by atoms with Crippen molar-refractivity contribution in [1.29, 1.82) is 0 Å². The van der Waals surface area contributed by atoms with E-state index in [0.29, 0.717) is 40.9 Å². The van der Waals surface area contributed by atoms with Crippen LogP contribution in [0.2, 0.25) is 0 Å². The Morgan fingerprint density at radius 2 is 2.09 bits per heavy atom. The minimum absolute atomic E-state index is 0.0199. The summed E-state index contributed by atoms with van der Waals surface area (Å²) in [5, 5.41) is 18.3. The van der Waals surface area contributed by atoms with Gasteiger partial charge in [0, 0.05) is 24.4 Å². The van der Waals surface area contributed by atoms with Crippen LogP contribution < -0.4 is 10.1 Å². The lowest BCUT2D eigenvalue weighted by molar-refractivity contribution is -0.0498. The van der Waals surface area contributed by atoms with Crippen molar-refractivity contribution >= 4 is 16.9 Å². The van der Waals surface area contributed by atoms with Gasteiger partial charge < -0.3 is 19.9 Å². The van der Waals surface area contributed by atoms with Crippen molar-refractivity contribution in [3.8, 4) is 17.0 Å². The molecule has 1 aromatic carbocycles. The minimum atomic E-state index is -2.93. The highest BCUT2D eigenvalue weighted by atomic mass is 19.3. The fraction of sp³-hybridized carbons (Fsp3) is 0.458. The van der Waals surface area contributed by atoms with Gasteiger partial charge in [0.15, 0.2) is 0 Å². The molecule has 0 saturated carbocycles. The number of nitrogens with one attached hydrogen (secondary N) is 1. The van der Waals surface area contributed by atoms with Crippen LogP contribution >= 0.6 is 0 Å². The summed E-state index contributed by atoms with van der Waals surface area (Å²) in [6, 6.07) is 7.91. The average molecular weight is 475 g/mol. The lowest BCUT2D eigenvalue weighted by Crippen LogP contribution is -2.62. The van der Waals surface area contributed by atoms with Crippen LogP contribution in [0.25, 0.3) is 22.3 Å². The van der Waals surface area contributed by atoms with E-state index in [-0.39, 0.29) is 24.3 Å². The molecule has 0 bridgehead atoms. The summed E-state index contributed by atoms with van der Waals surface area (Å²) in [5.41, 5.74) is 0.427. The molecule has 1 aliphatic heterocycles. The van der Waals surface area contributed by atoms with Gasteiger partial charge in [-0.05, 0) is 52.3 Å². The van der Waals surface area contributed by atoms with Crippen LogP contribution in [-0.2, 0) is 4.74 Å². The van der Waals surface area contributed by atoms with Crippen molar-refractivity contribution in [1.82, 2.24) is 20.1 Å². The number of hydrogen-bond donors (Lipinski definition) is 2. The first-order chi connectivity index (χ1) is 16.0. The zero-order chi connectivity index (χ0) is 24.7. The number of pyridine rings is 1. The minimum Gasteiger partial charge on any atom is -0.435 e. The smallest absolute Gasteiger partial charge is 0.387 e. The zero-order valence-corrected chi connectivity index (χ0v) is 19.5. The van der Waals surface area contributed by atoms with Gasteiger partial charge in [0.05, 0.1) is 28.8 Å². The third-order valence-corrected chi connectivity index (χ3v) is 6.18. The van der Waals surface area contributed by atoms with E-state index in [1.807, 2.05) is 13.8 Å². The number of benzene rings is 1. The number of ether oxygens (including phenoxy) is 2. The van der Waals surface area contributed by atoms with Crippen molar-refractivity contribution < 1.29 is 28.2 Å². The fourth-order valence-corrected chi connectivity index (χ4v) is 4.14. The number of alkyl halides is 2. The lowest BCUT2D eigenvalue weighted by Gasteiger charge is -2.39. The Balaban J connectivity index is 1.73. The predicted octanol–water partition coefficient (Wildman–Crippen LogP) is 3.94. The van der Waals surface area contributed by atoms with Crippen molar-refractivity contribution in [2.45, 2.75) is 57.9 Å². The molecule has 34 heavy (non-hydrogen) atoms.